The lowest BCUT2D eigenvalue weighted by atomic mass is 10.3. The molecule has 0 aliphatic heterocycles. The molecule has 1 amide bonds. The molecule has 2 N–H and O–H groups in total. The van der Waals surface area contributed by atoms with Gasteiger partial charge in [0.15, 0.2) is 0 Å². The molecule has 1 aromatic rings. The number of carbonyl (C=O) groups excluding carboxylic acids is 1. The van der Waals surface area contributed by atoms with E-state index >= 15 is 0 Å². The van der Waals surface area contributed by atoms with E-state index in [1.165, 1.54) is 12.4 Å². The Morgan fingerprint density at radius 3 is 2.12 bits per heavy atom. The normalized spacial score (nSPS) is 10.1. The maximum absolute atomic E-state index is 10.9. The lowest BCUT2D eigenvalue weighted by Crippen LogP contribution is -2.27. The fourth-order valence-corrected chi connectivity index (χ4v) is 1.46. The van der Waals surface area contributed by atoms with Crippen LogP contribution in [-0.4, -0.2) is 29.0 Å². The second-order valence-electron chi connectivity index (χ2n) is 3.62. The Morgan fingerprint density at radius 2 is 1.75 bits per heavy atom. The van der Waals surface area contributed by atoms with Crippen LogP contribution >= 0.6 is 0 Å². The van der Waals surface area contributed by atoms with E-state index < -0.39 is 5.91 Å². The third kappa shape index (κ3) is 3.18. The molecule has 0 aromatic carbocycles. The van der Waals surface area contributed by atoms with E-state index in [9.17, 15) is 4.79 Å². The minimum Gasteiger partial charge on any atom is -0.366 e. The quantitative estimate of drug-likeness (QED) is 0.785. The van der Waals surface area contributed by atoms with Crippen molar-refractivity contribution in [3.8, 4) is 0 Å². The minimum absolute atomic E-state index is 0.344. The number of nitrogens with zero attached hydrogens (tertiary/aromatic N) is 3. The van der Waals surface area contributed by atoms with Gasteiger partial charge in [-0.25, -0.2) is 9.97 Å². The smallest absolute Gasteiger partial charge is 0.251 e. The molecular formula is C11H18N4O. The first-order valence-electron chi connectivity index (χ1n) is 5.55. The van der Waals surface area contributed by atoms with Crippen LogP contribution in [0.4, 0.5) is 5.95 Å². The van der Waals surface area contributed by atoms with Gasteiger partial charge in [-0.15, -0.1) is 0 Å². The van der Waals surface area contributed by atoms with Gasteiger partial charge in [0, 0.05) is 25.5 Å². The summed E-state index contributed by atoms with van der Waals surface area (Å²) < 4.78 is 0. The number of primary amides is 1. The molecule has 5 heteroatoms. The third-order valence-corrected chi connectivity index (χ3v) is 2.19. The molecule has 16 heavy (non-hydrogen) atoms. The van der Waals surface area contributed by atoms with E-state index in [-0.39, 0.29) is 0 Å². The lowest BCUT2D eigenvalue weighted by Gasteiger charge is -2.20. The molecule has 0 bridgehead atoms. The Balaban J connectivity index is 2.80. The van der Waals surface area contributed by atoms with E-state index in [2.05, 4.69) is 28.7 Å². The lowest BCUT2D eigenvalue weighted by molar-refractivity contribution is 0.0999. The molecule has 5 nitrogen and oxygen atoms in total. The van der Waals surface area contributed by atoms with E-state index in [0.717, 1.165) is 25.9 Å². The second-order valence-corrected chi connectivity index (χ2v) is 3.62. The summed E-state index contributed by atoms with van der Waals surface area (Å²) in [5.74, 6) is 0.165. The monoisotopic (exact) mass is 222 g/mol. The molecule has 0 radical (unpaired) electrons. The Hall–Kier alpha value is -1.65. The van der Waals surface area contributed by atoms with Crippen molar-refractivity contribution in [2.75, 3.05) is 18.0 Å². The largest absolute Gasteiger partial charge is 0.366 e. The first kappa shape index (κ1) is 12.4. The van der Waals surface area contributed by atoms with Gasteiger partial charge in [0.25, 0.3) is 5.91 Å². The van der Waals surface area contributed by atoms with E-state index in [4.69, 9.17) is 5.73 Å². The molecule has 0 saturated heterocycles. The summed E-state index contributed by atoms with van der Waals surface area (Å²) in [6.45, 7) is 6.06. The average Bonchev–Trinajstić information content (AvgIpc) is 2.29. The number of aromatic nitrogens is 2. The van der Waals surface area contributed by atoms with E-state index in [0.29, 0.717) is 11.5 Å². The predicted octanol–water partition coefficient (Wildman–Crippen LogP) is 1.20. The van der Waals surface area contributed by atoms with Crippen molar-refractivity contribution in [3.63, 3.8) is 0 Å². The van der Waals surface area contributed by atoms with Crippen molar-refractivity contribution in [1.29, 1.82) is 0 Å². The van der Waals surface area contributed by atoms with Gasteiger partial charge in [-0.05, 0) is 12.8 Å². The summed E-state index contributed by atoms with van der Waals surface area (Å²) >= 11 is 0. The number of hydrogen-bond donors (Lipinski definition) is 1. The Bertz CT molecular complexity index is 330. The van der Waals surface area contributed by atoms with Gasteiger partial charge in [-0.2, -0.15) is 0 Å². The molecule has 0 aliphatic carbocycles. The zero-order valence-electron chi connectivity index (χ0n) is 9.81. The van der Waals surface area contributed by atoms with Crippen molar-refractivity contribution in [3.05, 3.63) is 18.0 Å². The molecule has 0 saturated carbocycles. The number of anilines is 1. The predicted molar refractivity (Wildman–Crippen MR) is 63.3 cm³/mol. The van der Waals surface area contributed by atoms with Crippen LogP contribution in [0.5, 0.6) is 0 Å². The average molecular weight is 222 g/mol. The standard InChI is InChI=1S/C11H18N4O/c1-3-5-15(6-4-2)11-13-7-9(8-14-11)10(12)16/h7-8H,3-6H2,1-2H3,(H2,12,16). The van der Waals surface area contributed by atoms with Crippen LogP contribution in [0.2, 0.25) is 0 Å². The van der Waals surface area contributed by atoms with Gasteiger partial charge >= 0.3 is 0 Å². The van der Waals surface area contributed by atoms with Crippen molar-refractivity contribution in [1.82, 2.24) is 9.97 Å². The molecule has 1 aromatic heterocycles. The summed E-state index contributed by atoms with van der Waals surface area (Å²) in [5.41, 5.74) is 5.47. The number of amides is 1. The van der Waals surface area contributed by atoms with Crippen molar-refractivity contribution >= 4 is 11.9 Å². The van der Waals surface area contributed by atoms with Gasteiger partial charge < -0.3 is 10.6 Å². The first-order chi connectivity index (χ1) is 7.69. The topological polar surface area (TPSA) is 72.1 Å². The molecule has 0 aliphatic rings. The maximum Gasteiger partial charge on any atom is 0.251 e. The molecule has 88 valence electrons. The van der Waals surface area contributed by atoms with Gasteiger partial charge in [0.1, 0.15) is 0 Å². The van der Waals surface area contributed by atoms with Gasteiger partial charge in [-0.3, -0.25) is 4.79 Å². The molecule has 0 atom stereocenters. The molecule has 0 fully saturated rings. The van der Waals surface area contributed by atoms with Crippen LogP contribution in [0.1, 0.15) is 37.0 Å². The van der Waals surface area contributed by atoms with Crippen LogP contribution in [0.25, 0.3) is 0 Å². The number of rotatable bonds is 6. The highest BCUT2D eigenvalue weighted by atomic mass is 16.1. The molecular weight excluding hydrogens is 204 g/mol. The van der Waals surface area contributed by atoms with Crippen LogP contribution < -0.4 is 10.6 Å². The zero-order chi connectivity index (χ0) is 12.0. The molecule has 1 rings (SSSR count). The van der Waals surface area contributed by atoms with Gasteiger partial charge in [0.05, 0.1) is 5.56 Å². The zero-order valence-corrected chi connectivity index (χ0v) is 9.81. The van der Waals surface area contributed by atoms with Crippen LogP contribution in [0.3, 0.4) is 0 Å². The molecule has 0 spiro atoms. The number of nitrogens with two attached hydrogens (primary N) is 1. The van der Waals surface area contributed by atoms with Crippen LogP contribution in [-0.2, 0) is 0 Å². The SMILES string of the molecule is CCCN(CCC)c1ncc(C(N)=O)cn1. The first-order valence-corrected chi connectivity index (χ1v) is 5.55. The van der Waals surface area contributed by atoms with Crippen molar-refractivity contribution < 1.29 is 4.79 Å². The third-order valence-electron chi connectivity index (χ3n) is 2.19. The molecule has 1 heterocycles. The summed E-state index contributed by atoms with van der Waals surface area (Å²) in [7, 11) is 0. The fraction of sp³-hybridized carbons (Fsp3) is 0.545. The highest BCUT2D eigenvalue weighted by Gasteiger charge is 2.08. The highest BCUT2D eigenvalue weighted by Crippen LogP contribution is 2.08. The number of hydrogen-bond acceptors (Lipinski definition) is 4. The minimum atomic E-state index is -0.496. The van der Waals surface area contributed by atoms with Crippen molar-refractivity contribution in [2.45, 2.75) is 26.7 Å². The second kappa shape index (κ2) is 6.05. The van der Waals surface area contributed by atoms with Gasteiger partial charge in [0.2, 0.25) is 5.95 Å². The Morgan fingerprint density at radius 1 is 1.25 bits per heavy atom. The highest BCUT2D eigenvalue weighted by molar-refractivity contribution is 5.92. The Labute approximate surface area is 95.7 Å². The fourth-order valence-electron chi connectivity index (χ4n) is 1.46. The Kier molecular flexibility index (Phi) is 4.69. The van der Waals surface area contributed by atoms with Crippen LogP contribution in [0.15, 0.2) is 12.4 Å². The van der Waals surface area contributed by atoms with E-state index in [1.54, 1.807) is 0 Å². The summed E-state index contributed by atoms with van der Waals surface area (Å²) in [4.78, 5) is 21.3. The summed E-state index contributed by atoms with van der Waals surface area (Å²) in [6, 6.07) is 0. The molecule has 0 unspecified atom stereocenters. The number of carbonyl (C=O) groups is 1. The van der Waals surface area contributed by atoms with Gasteiger partial charge in [-0.1, -0.05) is 13.8 Å². The summed E-state index contributed by atoms with van der Waals surface area (Å²) in [6.07, 6.45) is 5.04. The van der Waals surface area contributed by atoms with Crippen molar-refractivity contribution in [2.24, 2.45) is 5.73 Å². The summed E-state index contributed by atoms with van der Waals surface area (Å²) in [5, 5.41) is 0. The van der Waals surface area contributed by atoms with Crippen LogP contribution in [0, 0.1) is 0 Å². The van der Waals surface area contributed by atoms with E-state index in [1.807, 2.05) is 0 Å². The maximum atomic E-state index is 10.9.